The van der Waals surface area contributed by atoms with E-state index in [1.165, 1.54) is 18.6 Å². The van der Waals surface area contributed by atoms with Crippen molar-refractivity contribution < 1.29 is 18.0 Å². The lowest BCUT2D eigenvalue weighted by Gasteiger charge is -2.34. The monoisotopic (exact) mass is 313 g/mol. The highest BCUT2D eigenvalue weighted by atomic mass is 19.4. The van der Waals surface area contributed by atoms with Gasteiger partial charge in [-0.15, -0.1) is 0 Å². The summed E-state index contributed by atoms with van der Waals surface area (Å²) in [7, 11) is 0. The molecular weight excluding hydrogens is 291 g/mol. The van der Waals surface area contributed by atoms with Crippen LogP contribution in [0.15, 0.2) is 24.3 Å². The predicted octanol–water partition coefficient (Wildman–Crippen LogP) is 4.19. The van der Waals surface area contributed by atoms with Crippen LogP contribution in [0.5, 0.6) is 0 Å². The average Bonchev–Trinajstić information content (AvgIpc) is 2.43. The first-order valence-electron chi connectivity index (χ1n) is 7.73. The van der Waals surface area contributed by atoms with Crippen LogP contribution in [0.25, 0.3) is 0 Å². The topological polar surface area (TPSA) is 29.1 Å². The number of hydrogen-bond acceptors (Lipinski definition) is 1. The van der Waals surface area contributed by atoms with Crippen molar-refractivity contribution in [2.45, 2.75) is 51.7 Å². The highest BCUT2D eigenvalue weighted by Crippen LogP contribution is 2.30. The first-order valence-corrected chi connectivity index (χ1v) is 7.73. The van der Waals surface area contributed by atoms with E-state index in [-0.39, 0.29) is 18.4 Å². The van der Waals surface area contributed by atoms with Crippen LogP contribution in [0.2, 0.25) is 0 Å². The van der Waals surface area contributed by atoms with E-state index in [1.807, 2.05) is 0 Å². The third kappa shape index (κ3) is 4.24. The van der Waals surface area contributed by atoms with E-state index in [0.29, 0.717) is 17.4 Å². The van der Waals surface area contributed by atoms with Gasteiger partial charge in [-0.25, -0.2) is 0 Å². The molecule has 1 aliphatic carbocycles. The Morgan fingerprint density at radius 1 is 1.18 bits per heavy atom. The van der Waals surface area contributed by atoms with Gasteiger partial charge in [0.05, 0.1) is 12.0 Å². The molecule has 1 aromatic carbocycles. The number of halogens is 3. The van der Waals surface area contributed by atoms with Crippen molar-refractivity contribution in [2.75, 3.05) is 0 Å². The minimum Gasteiger partial charge on any atom is -0.353 e. The first-order chi connectivity index (χ1) is 10.3. The molecule has 0 bridgehead atoms. The van der Waals surface area contributed by atoms with Gasteiger partial charge in [-0.05, 0) is 36.0 Å². The largest absolute Gasteiger partial charge is 0.416 e. The molecule has 0 spiro atoms. The minimum absolute atomic E-state index is 0.120. The maximum atomic E-state index is 12.5. The number of benzene rings is 1. The molecule has 22 heavy (non-hydrogen) atoms. The zero-order chi connectivity index (χ0) is 16.3. The fraction of sp³-hybridized carbons (Fsp3) is 0.588. The molecule has 2 nitrogen and oxygen atoms in total. The SMILES string of the molecule is C[C@@H]1[C@H](C)CCC[C@@H]1NC(=O)Cc1ccc(C(F)(F)F)cc1. The van der Waals surface area contributed by atoms with Gasteiger partial charge in [0.1, 0.15) is 0 Å². The van der Waals surface area contributed by atoms with Gasteiger partial charge >= 0.3 is 6.18 Å². The Labute approximate surface area is 129 Å². The van der Waals surface area contributed by atoms with Gasteiger partial charge in [0.25, 0.3) is 0 Å². The fourth-order valence-electron chi connectivity index (χ4n) is 3.04. The molecule has 2 rings (SSSR count). The molecule has 0 aliphatic heterocycles. The Morgan fingerprint density at radius 3 is 2.41 bits per heavy atom. The smallest absolute Gasteiger partial charge is 0.353 e. The molecule has 1 N–H and O–H groups in total. The van der Waals surface area contributed by atoms with E-state index < -0.39 is 11.7 Å². The fourth-order valence-corrected chi connectivity index (χ4v) is 3.04. The van der Waals surface area contributed by atoms with E-state index >= 15 is 0 Å². The van der Waals surface area contributed by atoms with Crippen LogP contribution in [0.4, 0.5) is 13.2 Å². The second kappa shape index (κ2) is 6.71. The summed E-state index contributed by atoms with van der Waals surface area (Å²) in [5.41, 5.74) is -0.0894. The van der Waals surface area contributed by atoms with Gasteiger partial charge in [-0.1, -0.05) is 38.8 Å². The minimum atomic E-state index is -4.34. The lowest BCUT2D eigenvalue weighted by atomic mass is 9.78. The van der Waals surface area contributed by atoms with Crippen molar-refractivity contribution in [1.82, 2.24) is 5.32 Å². The van der Waals surface area contributed by atoms with Crippen LogP contribution in [0.3, 0.4) is 0 Å². The molecule has 1 fully saturated rings. The molecule has 5 heteroatoms. The zero-order valence-corrected chi connectivity index (χ0v) is 12.9. The van der Waals surface area contributed by atoms with E-state index in [1.54, 1.807) is 0 Å². The molecule has 0 radical (unpaired) electrons. The summed E-state index contributed by atoms with van der Waals surface area (Å²) in [6.45, 7) is 4.34. The van der Waals surface area contributed by atoms with Gasteiger partial charge in [0, 0.05) is 6.04 Å². The molecule has 1 amide bonds. The summed E-state index contributed by atoms with van der Waals surface area (Å²) in [4.78, 5) is 12.1. The Kier molecular flexibility index (Phi) is 5.14. The molecule has 0 saturated heterocycles. The Morgan fingerprint density at radius 2 is 1.82 bits per heavy atom. The lowest BCUT2D eigenvalue weighted by molar-refractivity contribution is -0.137. The highest BCUT2D eigenvalue weighted by molar-refractivity contribution is 5.78. The summed E-state index contributed by atoms with van der Waals surface area (Å²) in [5, 5.41) is 3.03. The number of rotatable bonds is 3. The number of amides is 1. The predicted molar refractivity (Wildman–Crippen MR) is 79.3 cm³/mol. The van der Waals surface area contributed by atoms with Crippen molar-refractivity contribution in [1.29, 1.82) is 0 Å². The molecule has 1 saturated carbocycles. The summed E-state index contributed by atoms with van der Waals surface area (Å²) in [6, 6.07) is 4.96. The van der Waals surface area contributed by atoms with Crippen LogP contribution >= 0.6 is 0 Å². The number of carbonyl (C=O) groups excluding carboxylic acids is 1. The molecule has 1 aromatic rings. The Bertz CT molecular complexity index is 510. The maximum absolute atomic E-state index is 12.5. The van der Waals surface area contributed by atoms with Crippen LogP contribution < -0.4 is 5.32 Å². The summed E-state index contributed by atoms with van der Waals surface area (Å²) >= 11 is 0. The highest BCUT2D eigenvalue weighted by Gasteiger charge is 2.30. The van der Waals surface area contributed by atoms with E-state index in [9.17, 15) is 18.0 Å². The van der Waals surface area contributed by atoms with Crippen molar-refractivity contribution in [3.8, 4) is 0 Å². The van der Waals surface area contributed by atoms with Crippen LogP contribution in [-0.2, 0) is 17.4 Å². The van der Waals surface area contributed by atoms with Gasteiger partial charge in [-0.2, -0.15) is 13.2 Å². The summed E-state index contributed by atoms with van der Waals surface area (Å²) in [5.74, 6) is 0.904. The molecular formula is C17H22F3NO. The molecule has 1 aliphatic rings. The standard InChI is InChI=1S/C17H22F3NO/c1-11-4-3-5-15(12(11)2)21-16(22)10-13-6-8-14(9-7-13)17(18,19)20/h6-9,11-12,15H,3-5,10H2,1-2H3,(H,21,22)/t11-,12-,15+/m1/s1. The molecule has 0 unspecified atom stereocenters. The third-order valence-corrected chi connectivity index (χ3v) is 4.70. The number of hydrogen-bond donors (Lipinski definition) is 1. The second-order valence-corrected chi connectivity index (χ2v) is 6.31. The van der Waals surface area contributed by atoms with Gasteiger partial charge in [0.15, 0.2) is 0 Å². The lowest BCUT2D eigenvalue weighted by Crippen LogP contribution is -2.44. The zero-order valence-electron chi connectivity index (χ0n) is 12.9. The van der Waals surface area contributed by atoms with Crippen LogP contribution in [-0.4, -0.2) is 11.9 Å². The Hall–Kier alpha value is -1.52. The molecule has 3 atom stereocenters. The average molecular weight is 313 g/mol. The van der Waals surface area contributed by atoms with Gasteiger partial charge in [0.2, 0.25) is 5.91 Å². The maximum Gasteiger partial charge on any atom is 0.416 e. The first kappa shape index (κ1) is 16.8. The normalized spacial score (nSPS) is 25.8. The molecule has 122 valence electrons. The summed E-state index contributed by atoms with van der Waals surface area (Å²) in [6.07, 6.45) is -0.947. The number of alkyl halides is 3. The number of carbonyl (C=O) groups is 1. The van der Waals surface area contributed by atoms with Gasteiger partial charge < -0.3 is 5.32 Å². The molecule has 0 heterocycles. The number of nitrogens with one attached hydrogen (secondary N) is 1. The van der Waals surface area contributed by atoms with Crippen molar-refractivity contribution in [3.05, 3.63) is 35.4 Å². The van der Waals surface area contributed by atoms with Gasteiger partial charge in [-0.3, -0.25) is 4.79 Å². The summed E-state index contributed by atoms with van der Waals surface area (Å²) < 4.78 is 37.5. The van der Waals surface area contributed by atoms with Crippen molar-refractivity contribution in [2.24, 2.45) is 11.8 Å². The van der Waals surface area contributed by atoms with Crippen LogP contribution in [0.1, 0.15) is 44.2 Å². The second-order valence-electron chi connectivity index (χ2n) is 6.31. The van der Waals surface area contributed by atoms with Crippen molar-refractivity contribution >= 4 is 5.91 Å². The van der Waals surface area contributed by atoms with E-state index in [0.717, 1.165) is 25.0 Å². The van der Waals surface area contributed by atoms with E-state index in [2.05, 4.69) is 19.2 Å². The van der Waals surface area contributed by atoms with E-state index in [4.69, 9.17) is 0 Å². The quantitative estimate of drug-likeness (QED) is 0.891. The van der Waals surface area contributed by atoms with Crippen molar-refractivity contribution in [3.63, 3.8) is 0 Å². The third-order valence-electron chi connectivity index (χ3n) is 4.70. The Balaban J connectivity index is 1.92. The van der Waals surface area contributed by atoms with Crippen LogP contribution in [0, 0.1) is 11.8 Å². The molecule has 0 aromatic heterocycles.